The number of aliphatic hydroxyl groups excluding tert-OH is 1. The van der Waals surface area contributed by atoms with Crippen LogP contribution in [-0.2, 0) is 25.6 Å². The minimum atomic E-state index is -1.39. The van der Waals surface area contributed by atoms with E-state index in [0.717, 1.165) is 0 Å². The molecule has 14 heteroatoms. The molecule has 1 rings (SSSR count). The van der Waals surface area contributed by atoms with E-state index in [2.05, 4.69) is 20.9 Å². The molecule has 0 aliphatic carbocycles. The maximum absolute atomic E-state index is 13.0. The molecular weight excluding hydrogens is 498 g/mol. The van der Waals surface area contributed by atoms with E-state index >= 15 is 0 Å². The Morgan fingerprint density at radius 1 is 0.921 bits per heavy atom. The number of nitrogens with two attached hydrogens (primary N) is 3. The Kier molecular flexibility index (Phi) is 13.6. The van der Waals surface area contributed by atoms with Crippen molar-refractivity contribution in [2.24, 2.45) is 28.1 Å². The number of phenolic OH excluding ortho intramolecular Hbond substituents is 1. The second kappa shape index (κ2) is 16.0. The van der Waals surface area contributed by atoms with Crippen molar-refractivity contribution in [3.8, 4) is 5.75 Å². The van der Waals surface area contributed by atoms with Crippen LogP contribution < -0.4 is 33.2 Å². The lowest BCUT2D eigenvalue weighted by molar-refractivity contribution is -0.142. The number of hydrogen-bond donors (Lipinski definition) is 9. The first kappa shape index (κ1) is 32.1. The molecule has 1 aromatic rings. The second-order valence-electron chi connectivity index (χ2n) is 9.26. The molecule has 0 fully saturated rings. The Labute approximate surface area is 221 Å². The quantitative estimate of drug-likeness (QED) is 0.0630. The summed E-state index contributed by atoms with van der Waals surface area (Å²) in [6.45, 7) is 3.13. The number of aliphatic imine (C=N–C) groups is 1. The zero-order valence-corrected chi connectivity index (χ0v) is 21.6. The van der Waals surface area contributed by atoms with E-state index in [0.29, 0.717) is 12.0 Å². The highest BCUT2D eigenvalue weighted by molar-refractivity contribution is 5.94. The molecule has 1 aromatic carbocycles. The van der Waals surface area contributed by atoms with Crippen molar-refractivity contribution in [1.29, 1.82) is 0 Å². The predicted octanol–water partition coefficient (Wildman–Crippen LogP) is -2.11. The predicted molar refractivity (Wildman–Crippen MR) is 140 cm³/mol. The maximum Gasteiger partial charge on any atom is 0.326 e. The molecule has 0 heterocycles. The number of rotatable bonds is 16. The van der Waals surface area contributed by atoms with Crippen LogP contribution in [-0.4, -0.2) is 82.3 Å². The van der Waals surface area contributed by atoms with Crippen LogP contribution in [0.3, 0.4) is 0 Å². The van der Waals surface area contributed by atoms with Gasteiger partial charge in [0.25, 0.3) is 0 Å². The van der Waals surface area contributed by atoms with Gasteiger partial charge >= 0.3 is 5.97 Å². The first-order valence-corrected chi connectivity index (χ1v) is 12.2. The Bertz CT molecular complexity index is 965. The molecular formula is C24H39N7O7. The van der Waals surface area contributed by atoms with Crippen LogP contribution in [0, 0.1) is 5.92 Å². The van der Waals surface area contributed by atoms with E-state index in [9.17, 15) is 34.5 Å². The SMILES string of the molecule is CC(C)CC(NC(=O)C(CO)NC(=O)C(N)CCCN=C(N)N)C(=O)NC(Cc1ccc(O)cc1)C(=O)O. The number of carbonyl (C=O) groups excluding carboxylic acids is 3. The van der Waals surface area contributed by atoms with Crippen LogP contribution in [0.5, 0.6) is 5.75 Å². The normalized spacial score (nSPS) is 14.0. The zero-order chi connectivity index (χ0) is 28.8. The Hall–Kier alpha value is -3.91. The van der Waals surface area contributed by atoms with Crippen LogP contribution in [0.1, 0.15) is 38.7 Å². The fourth-order valence-electron chi connectivity index (χ4n) is 3.44. The fourth-order valence-corrected chi connectivity index (χ4v) is 3.44. The van der Waals surface area contributed by atoms with Gasteiger partial charge in [0.05, 0.1) is 12.6 Å². The molecule has 4 unspecified atom stereocenters. The number of carboxylic acids is 1. The summed E-state index contributed by atoms with van der Waals surface area (Å²) in [6, 6.07) is 1.05. The molecule has 0 saturated heterocycles. The van der Waals surface area contributed by atoms with Gasteiger partial charge in [-0.2, -0.15) is 0 Å². The van der Waals surface area contributed by atoms with Crippen molar-refractivity contribution in [3.05, 3.63) is 29.8 Å². The molecule has 38 heavy (non-hydrogen) atoms. The van der Waals surface area contributed by atoms with Gasteiger partial charge in [-0.15, -0.1) is 0 Å². The van der Waals surface area contributed by atoms with Crippen molar-refractivity contribution in [2.45, 2.75) is 63.7 Å². The number of aliphatic hydroxyl groups is 1. The highest BCUT2D eigenvalue weighted by Crippen LogP contribution is 2.12. The highest BCUT2D eigenvalue weighted by atomic mass is 16.4. The number of aromatic hydroxyl groups is 1. The van der Waals surface area contributed by atoms with Crippen molar-refractivity contribution in [3.63, 3.8) is 0 Å². The smallest absolute Gasteiger partial charge is 0.326 e. The Balaban J connectivity index is 2.84. The first-order valence-electron chi connectivity index (χ1n) is 12.2. The third-order valence-electron chi connectivity index (χ3n) is 5.45. The monoisotopic (exact) mass is 537 g/mol. The minimum absolute atomic E-state index is 0.0156. The van der Waals surface area contributed by atoms with Crippen LogP contribution in [0.15, 0.2) is 29.3 Å². The number of aliphatic carboxylic acids is 1. The molecule has 14 nitrogen and oxygen atoms in total. The average Bonchev–Trinajstić information content (AvgIpc) is 2.84. The maximum atomic E-state index is 13.0. The molecule has 212 valence electrons. The number of amides is 3. The van der Waals surface area contributed by atoms with E-state index in [1.807, 2.05) is 13.8 Å². The van der Waals surface area contributed by atoms with Gasteiger partial charge in [0, 0.05) is 13.0 Å². The number of hydrogen-bond acceptors (Lipinski definition) is 8. The van der Waals surface area contributed by atoms with Crippen molar-refractivity contribution in [2.75, 3.05) is 13.2 Å². The van der Waals surface area contributed by atoms with Gasteiger partial charge in [0.15, 0.2) is 5.96 Å². The minimum Gasteiger partial charge on any atom is -0.508 e. The molecule has 0 saturated carbocycles. The van der Waals surface area contributed by atoms with Crippen molar-refractivity contribution < 1.29 is 34.5 Å². The molecule has 0 radical (unpaired) electrons. The summed E-state index contributed by atoms with van der Waals surface area (Å²) >= 11 is 0. The van der Waals surface area contributed by atoms with Gasteiger partial charge in [0.1, 0.15) is 23.9 Å². The topological polar surface area (TPSA) is 255 Å². The lowest BCUT2D eigenvalue weighted by Crippen LogP contribution is -2.58. The number of benzene rings is 1. The summed E-state index contributed by atoms with van der Waals surface area (Å²) in [4.78, 5) is 53.7. The summed E-state index contributed by atoms with van der Waals surface area (Å²) in [5.74, 6) is -3.68. The Morgan fingerprint density at radius 2 is 1.47 bits per heavy atom. The number of carboxylic acid groups (broad SMARTS) is 1. The lowest BCUT2D eigenvalue weighted by Gasteiger charge is -2.25. The van der Waals surface area contributed by atoms with E-state index in [4.69, 9.17) is 17.2 Å². The number of phenols is 1. The third-order valence-corrected chi connectivity index (χ3v) is 5.45. The molecule has 0 aliphatic rings. The summed E-state index contributed by atoms with van der Waals surface area (Å²) in [5.41, 5.74) is 16.9. The van der Waals surface area contributed by atoms with E-state index in [1.165, 1.54) is 24.3 Å². The van der Waals surface area contributed by atoms with E-state index < -0.39 is 54.5 Å². The summed E-state index contributed by atoms with van der Waals surface area (Å²) < 4.78 is 0. The fraction of sp³-hybridized carbons (Fsp3) is 0.542. The van der Waals surface area contributed by atoms with Gasteiger partial charge in [-0.25, -0.2) is 4.79 Å². The van der Waals surface area contributed by atoms with Crippen molar-refractivity contribution >= 4 is 29.7 Å². The summed E-state index contributed by atoms with van der Waals surface area (Å²) in [7, 11) is 0. The molecule has 0 aliphatic heterocycles. The summed E-state index contributed by atoms with van der Waals surface area (Å²) in [5, 5.41) is 36.0. The molecule has 0 spiro atoms. The molecule has 0 aromatic heterocycles. The molecule has 3 amide bonds. The standard InChI is InChI=1S/C24H39N7O7/c1-13(2)10-17(21(35)30-18(23(37)38)11-14-5-7-15(33)8-6-14)29-22(36)19(12-32)31-20(34)16(25)4-3-9-28-24(26)27/h5-8,13,16-19,32-33H,3-4,9-12,25H2,1-2H3,(H,29,36)(H,30,35)(H,31,34)(H,37,38)(H4,26,27,28). The molecule has 0 bridgehead atoms. The van der Waals surface area contributed by atoms with Crippen LogP contribution in [0.25, 0.3) is 0 Å². The number of nitrogens with zero attached hydrogens (tertiary/aromatic N) is 1. The third kappa shape index (κ3) is 11.9. The zero-order valence-electron chi connectivity index (χ0n) is 21.6. The van der Waals surface area contributed by atoms with Gasteiger partial charge in [-0.05, 0) is 42.9 Å². The highest BCUT2D eigenvalue weighted by Gasteiger charge is 2.30. The lowest BCUT2D eigenvalue weighted by atomic mass is 10.0. The van der Waals surface area contributed by atoms with Crippen LogP contribution in [0.4, 0.5) is 0 Å². The van der Waals surface area contributed by atoms with Crippen LogP contribution in [0.2, 0.25) is 0 Å². The summed E-state index contributed by atoms with van der Waals surface area (Å²) in [6.07, 6.45) is 0.742. The number of carbonyl (C=O) groups is 4. The van der Waals surface area contributed by atoms with Crippen molar-refractivity contribution in [1.82, 2.24) is 16.0 Å². The van der Waals surface area contributed by atoms with Gasteiger partial charge in [-0.3, -0.25) is 19.4 Å². The van der Waals surface area contributed by atoms with E-state index in [-0.39, 0.29) is 43.4 Å². The van der Waals surface area contributed by atoms with E-state index in [1.54, 1.807) is 0 Å². The van der Waals surface area contributed by atoms with Gasteiger partial charge in [-0.1, -0.05) is 26.0 Å². The van der Waals surface area contributed by atoms with Gasteiger partial charge in [0.2, 0.25) is 17.7 Å². The first-order chi connectivity index (χ1) is 17.8. The molecule has 12 N–H and O–H groups in total. The number of guanidine groups is 1. The van der Waals surface area contributed by atoms with Crippen LogP contribution >= 0.6 is 0 Å². The molecule has 4 atom stereocenters. The average molecular weight is 538 g/mol. The Morgan fingerprint density at radius 3 is 2.00 bits per heavy atom. The van der Waals surface area contributed by atoms with Gasteiger partial charge < -0.3 is 48.5 Å². The second-order valence-corrected chi connectivity index (χ2v) is 9.26. The number of nitrogens with one attached hydrogen (secondary N) is 3. The largest absolute Gasteiger partial charge is 0.508 e.